The van der Waals surface area contributed by atoms with E-state index in [1.54, 1.807) is 6.08 Å². The molecule has 0 saturated heterocycles. The minimum Gasteiger partial charge on any atom is -0.124 e. The van der Waals surface area contributed by atoms with Gasteiger partial charge in [-0.2, -0.15) is 0 Å². The van der Waals surface area contributed by atoms with Gasteiger partial charge in [0.25, 0.3) is 0 Å². The summed E-state index contributed by atoms with van der Waals surface area (Å²) in [6.07, 6.45) is 1.79. The average molecular weight is 218 g/mol. The van der Waals surface area contributed by atoms with Gasteiger partial charge in [0.05, 0.1) is 5.92 Å². The fourth-order valence-electron chi connectivity index (χ4n) is 1.39. The molecule has 0 fully saturated rings. The van der Waals surface area contributed by atoms with Gasteiger partial charge < -0.3 is 0 Å². The van der Waals surface area contributed by atoms with Crippen LogP contribution in [0.4, 0.5) is 0 Å². The maximum atomic E-state index is 4.05. The van der Waals surface area contributed by atoms with Crippen molar-refractivity contribution in [3.05, 3.63) is 54.4 Å². The Morgan fingerprint density at radius 3 is 2.60 bits per heavy atom. The van der Waals surface area contributed by atoms with E-state index in [1.165, 1.54) is 0 Å². The Morgan fingerprint density at radius 2 is 2.07 bits per heavy atom. The number of allylic oxidation sites excluding steroid dienone is 1. The van der Waals surface area contributed by atoms with Crippen molar-refractivity contribution in [2.75, 3.05) is 0 Å². The summed E-state index contributed by atoms with van der Waals surface area (Å²) in [6.45, 7) is 3.78. The maximum Gasteiger partial charge on any atom is 0.187 e. The number of aromatic nitrogens is 4. The van der Waals surface area contributed by atoms with E-state index in [0.29, 0.717) is 5.82 Å². The molecule has 0 aliphatic heterocycles. The van der Waals surface area contributed by atoms with Crippen LogP contribution < -0.4 is 0 Å². The van der Waals surface area contributed by atoms with E-state index in [-0.39, 0.29) is 5.92 Å². The lowest BCUT2D eigenvalue weighted by molar-refractivity contribution is 0.823. The van der Waals surface area contributed by atoms with E-state index in [4.69, 9.17) is 0 Å². The maximum absolute atomic E-state index is 4.05. The molecule has 1 unspecified atom stereocenters. The summed E-state index contributed by atoms with van der Waals surface area (Å²) in [6, 6.07) is 9.91. The van der Waals surface area contributed by atoms with Crippen LogP contribution in [0.2, 0.25) is 0 Å². The fraction of sp³-hybridized carbons (Fsp3) is 0.100. The highest BCUT2D eigenvalue weighted by Crippen LogP contribution is 2.21. The lowest BCUT2D eigenvalue weighted by atomic mass is 9.99. The second kappa shape index (κ2) is 4.27. The summed E-state index contributed by atoms with van der Waals surface area (Å²) < 4.78 is 1.15. The third kappa shape index (κ3) is 2.07. The van der Waals surface area contributed by atoms with Gasteiger partial charge in [0.1, 0.15) is 0 Å². The first-order valence-electron chi connectivity index (χ1n) is 4.48. The third-order valence-corrected chi connectivity index (χ3v) is 2.26. The first-order valence-corrected chi connectivity index (χ1v) is 4.88. The van der Waals surface area contributed by atoms with Crippen LogP contribution >= 0.6 is 12.8 Å². The number of nitrogens with zero attached hydrogens (tertiary/aromatic N) is 4. The molecule has 0 spiro atoms. The molecule has 0 aliphatic carbocycles. The molecule has 2 aromatic rings. The SMILES string of the molecule is C=CC(c1ccccc1)c1nnn(S)n1. The molecule has 1 aromatic heterocycles. The average Bonchev–Trinajstić information content (AvgIpc) is 2.68. The van der Waals surface area contributed by atoms with Gasteiger partial charge in [-0.3, -0.25) is 0 Å². The molecule has 5 heteroatoms. The Morgan fingerprint density at radius 1 is 1.33 bits per heavy atom. The Balaban J connectivity index is 2.37. The summed E-state index contributed by atoms with van der Waals surface area (Å²) in [5.74, 6) is 0.568. The topological polar surface area (TPSA) is 43.6 Å². The molecule has 2 rings (SSSR count). The molecule has 76 valence electrons. The molecular weight excluding hydrogens is 208 g/mol. The number of rotatable bonds is 3. The van der Waals surface area contributed by atoms with Gasteiger partial charge in [0, 0.05) is 0 Å². The zero-order chi connectivity index (χ0) is 10.7. The Labute approximate surface area is 93.2 Å². The minimum atomic E-state index is -0.0351. The van der Waals surface area contributed by atoms with Crippen LogP contribution in [0.25, 0.3) is 0 Å². The van der Waals surface area contributed by atoms with Crippen molar-refractivity contribution in [1.82, 2.24) is 19.6 Å². The summed E-state index contributed by atoms with van der Waals surface area (Å²) in [5.41, 5.74) is 1.09. The largest absolute Gasteiger partial charge is 0.187 e. The number of hydrogen-bond donors (Lipinski definition) is 1. The molecule has 0 N–H and O–H groups in total. The van der Waals surface area contributed by atoms with Crippen molar-refractivity contribution < 1.29 is 0 Å². The van der Waals surface area contributed by atoms with E-state index in [2.05, 4.69) is 34.8 Å². The van der Waals surface area contributed by atoms with E-state index < -0.39 is 0 Å². The summed E-state index contributed by atoms with van der Waals surface area (Å²) in [7, 11) is 0. The van der Waals surface area contributed by atoms with Gasteiger partial charge >= 0.3 is 0 Å². The minimum absolute atomic E-state index is 0.0351. The molecule has 1 aromatic carbocycles. The molecule has 0 saturated carbocycles. The second-order valence-electron chi connectivity index (χ2n) is 3.04. The lowest BCUT2D eigenvalue weighted by Crippen LogP contribution is -2.00. The smallest absolute Gasteiger partial charge is 0.124 e. The van der Waals surface area contributed by atoms with Gasteiger partial charge in [0.15, 0.2) is 5.82 Å². The van der Waals surface area contributed by atoms with Crippen LogP contribution in [0.3, 0.4) is 0 Å². The molecule has 0 radical (unpaired) electrons. The second-order valence-corrected chi connectivity index (χ2v) is 3.40. The summed E-state index contributed by atoms with van der Waals surface area (Å²) in [4.78, 5) is 0. The quantitative estimate of drug-likeness (QED) is 0.629. The molecule has 15 heavy (non-hydrogen) atoms. The molecule has 4 nitrogen and oxygen atoms in total. The van der Waals surface area contributed by atoms with Gasteiger partial charge in [-0.1, -0.05) is 36.4 Å². The molecule has 0 bridgehead atoms. The predicted octanol–water partition coefficient (Wildman–Crippen LogP) is 1.68. The van der Waals surface area contributed by atoms with Crippen LogP contribution in [0.5, 0.6) is 0 Å². The Bertz CT molecular complexity index is 451. The van der Waals surface area contributed by atoms with Gasteiger partial charge in [-0.25, -0.2) is 0 Å². The first kappa shape index (κ1) is 9.92. The van der Waals surface area contributed by atoms with Crippen molar-refractivity contribution in [2.45, 2.75) is 5.92 Å². The van der Waals surface area contributed by atoms with Crippen LogP contribution in [-0.2, 0) is 0 Å². The van der Waals surface area contributed by atoms with Gasteiger partial charge in [-0.15, -0.1) is 21.0 Å². The van der Waals surface area contributed by atoms with E-state index in [1.807, 2.05) is 30.3 Å². The van der Waals surface area contributed by atoms with Crippen molar-refractivity contribution in [3.63, 3.8) is 0 Å². The molecule has 1 atom stereocenters. The van der Waals surface area contributed by atoms with E-state index in [0.717, 1.165) is 9.77 Å². The highest BCUT2D eigenvalue weighted by Gasteiger charge is 2.15. The molecule has 1 heterocycles. The molecule has 0 aliphatic rings. The van der Waals surface area contributed by atoms with Crippen LogP contribution in [0, 0.1) is 0 Å². The normalized spacial score (nSPS) is 12.3. The third-order valence-electron chi connectivity index (χ3n) is 2.09. The highest BCUT2D eigenvalue weighted by molar-refractivity contribution is 7.78. The van der Waals surface area contributed by atoms with Crippen LogP contribution in [0.1, 0.15) is 17.3 Å². The molecule has 0 amide bonds. The monoisotopic (exact) mass is 218 g/mol. The number of thiol groups is 1. The Kier molecular flexibility index (Phi) is 2.82. The van der Waals surface area contributed by atoms with Crippen molar-refractivity contribution >= 4 is 12.8 Å². The van der Waals surface area contributed by atoms with Crippen molar-refractivity contribution in [3.8, 4) is 0 Å². The highest BCUT2D eigenvalue weighted by atomic mass is 32.1. The predicted molar refractivity (Wildman–Crippen MR) is 60.7 cm³/mol. The fourth-order valence-corrected chi connectivity index (χ4v) is 1.52. The zero-order valence-electron chi connectivity index (χ0n) is 7.98. The van der Waals surface area contributed by atoms with Crippen molar-refractivity contribution in [2.24, 2.45) is 0 Å². The van der Waals surface area contributed by atoms with Gasteiger partial charge in [0.2, 0.25) is 0 Å². The number of benzene rings is 1. The zero-order valence-corrected chi connectivity index (χ0v) is 8.88. The number of hydrogen-bond acceptors (Lipinski definition) is 4. The van der Waals surface area contributed by atoms with Gasteiger partial charge in [-0.05, 0) is 23.6 Å². The van der Waals surface area contributed by atoms with Crippen LogP contribution in [-0.4, -0.2) is 19.6 Å². The number of tetrazole rings is 1. The van der Waals surface area contributed by atoms with E-state index >= 15 is 0 Å². The Hall–Kier alpha value is -1.62. The summed E-state index contributed by atoms with van der Waals surface area (Å²) in [5, 5.41) is 11.6. The van der Waals surface area contributed by atoms with Crippen LogP contribution in [0.15, 0.2) is 43.0 Å². The molecular formula is C10H10N4S. The standard InChI is InChI=1S/C10H10N4S/c1-2-9(8-6-4-3-5-7-8)10-11-13-14(15)12-10/h2-7,9,15H,1H2. The summed E-state index contributed by atoms with van der Waals surface area (Å²) >= 11 is 3.95. The van der Waals surface area contributed by atoms with E-state index in [9.17, 15) is 0 Å². The first-order chi connectivity index (χ1) is 7.31. The lowest BCUT2D eigenvalue weighted by Gasteiger charge is -2.07. The van der Waals surface area contributed by atoms with Crippen molar-refractivity contribution in [1.29, 1.82) is 0 Å².